The fourth-order valence-electron chi connectivity index (χ4n) is 3.74. The summed E-state index contributed by atoms with van der Waals surface area (Å²) in [5, 5.41) is 0. The maximum atomic E-state index is 12.9. The minimum absolute atomic E-state index is 0.0439. The van der Waals surface area contributed by atoms with E-state index in [9.17, 15) is 13.2 Å². The van der Waals surface area contributed by atoms with Gasteiger partial charge in [-0.3, -0.25) is 9.52 Å². The van der Waals surface area contributed by atoms with E-state index in [1.807, 2.05) is 4.90 Å². The predicted molar refractivity (Wildman–Crippen MR) is 109 cm³/mol. The third-order valence-electron chi connectivity index (χ3n) is 4.90. The number of piperidine rings is 1. The van der Waals surface area contributed by atoms with E-state index in [0.717, 1.165) is 6.42 Å². The van der Waals surface area contributed by atoms with Crippen LogP contribution in [0, 0.1) is 11.8 Å². The van der Waals surface area contributed by atoms with E-state index in [-0.39, 0.29) is 10.8 Å². The van der Waals surface area contributed by atoms with E-state index in [1.54, 1.807) is 36.4 Å². The van der Waals surface area contributed by atoms with Crippen molar-refractivity contribution in [3.63, 3.8) is 0 Å². The molecule has 0 saturated carbocycles. The molecule has 2 aromatic carbocycles. The minimum Gasteiger partial charge on any atom is -0.495 e. The van der Waals surface area contributed by atoms with Crippen molar-refractivity contribution in [2.45, 2.75) is 25.2 Å². The smallest absolute Gasteiger partial charge is 0.262 e. The van der Waals surface area contributed by atoms with Gasteiger partial charge in [0, 0.05) is 18.7 Å². The van der Waals surface area contributed by atoms with Gasteiger partial charge in [-0.2, -0.15) is 0 Å². The second kappa shape index (κ2) is 8.22. The maximum absolute atomic E-state index is 12.9. The Kier molecular flexibility index (Phi) is 5.93. The third-order valence-corrected chi connectivity index (χ3v) is 6.26. The van der Waals surface area contributed by atoms with Crippen LogP contribution in [0.5, 0.6) is 5.75 Å². The summed E-state index contributed by atoms with van der Waals surface area (Å²) in [6.45, 7) is 5.65. The lowest BCUT2D eigenvalue weighted by molar-refractivity contribution is 0.0623. The lowest BCUT2D eigenvalue weighted by Gasteiger charge is -2.35. The number of likely N-dealkylation sites (tertiary alicyclic amines) is 1. The van der Waals surface area contributed by atoms with Gasteiger partial charge in [-0.15, -0.1) is 0 Å². The summed E-state index contributed by atoms with van der Waals surface area (Å²) in [5.74, 6) is 1.17. The first-order chi connectivity index (χ1) is 13.3. The maximum Gasteiger partial charge on any atom is 0.262 e. The zero-order valence-corrected chi connectivity index (χ0v) is 17.2. The molecule has 1 aliphatic heterocycles. The number of anilines is 1. The number of nitrogens with one attached hydrogen (secondary N) is 1. The van der Waals surface area contributed by atoms with Gasteiger partial charge in [0.05, 0.1) is 17.7 Å². The number of amides is 1. The number of hydrogen-bond donors (Lipinski definition) is 1. The number of carbonyl (C=O) groups excluding carboxylic acids is 1. The third kappa shape index (κ3) is 4.47. The van der Waals surface area contributed by atoms with Crippen molar-refractivity contribution in [2.24, 2.45) is 11.8 Å². The molecule has 0 radical (unpaired) electrons. The molecule has 2 unspecified atom stereocenters. The quantitative estimate of drug-likeness (QED) is 0.829. The van der Waals surface area contributed by atoms with E-state index in [2.05, 4.69) is 18.6 Å². The number of rotatable bonds is 5. The lowest BCUT2D eigenvalue weighted by atomic mass is 9.91. The van der Waals surface area contributed by atoms with Crippen LogP contribution in [0.15, 0.2) is 53.4 Å². The van der Waals surface area contributed by atoms with Gasteiger partial charge < -0.3 is 9.64 Å². The van der Waals surface area contributed by atoms with Crippen molar-refractivity contribution in [1.29, 1.82) is 0 Å². The molecule has 1 aliphatic rings. The molecule has 150 valence electrons. The molecule has 0 aliphatic carbocycles. The van der Waals surface area contributed by atoms with Crippen LogP contribution >= 0.6 is 0 Å². The standard InChI is InChI=1S/C21H26N2O4S/c1-15-11-16(2)14-23(13-15)21(24)17-7-6-8-18(12-17)28(25,26)22-19-9-4-5-10-20(19)27-3/h4-10,12,15-16,22H,11,13-14H2,1-3H3. The fraction of sp³-hybridized carbons (Fsp3) is 0.381. The Labute approximate surface area is 166 Å². The van der Waals surface area contributed by atoms with E-state index in [0.29, 0.717) is 41.9 Å². The first-order valence-electron chi connectivity index (χ1n) is 9.35. The number of para-hydroxylation sites is 2. The zero-order chi connectivity index (χ0) is 20.3. The Hall–Kier alpha value is -2.54. The highest BCUT2D eigenvalue weighted by molar-refractivity contribution is 7.92. The van der Waals surface area contributed by atoms with Crippen molar-refractivity contribution >= 4 is 21.6 Å². The van der Waals surface area contributed by atoms with Crippen LogP contribution in [0.3, 0.4) is 0 Å². The van der Waals surface area contributed by atoms with Gasteiger partial charge in [-0.1, -0.05) is 32.0 Å². The van der Waals surface area contributed by atoms with Crippen molar-refractivity contribution in [3.05, 3.63) is 54.1 Å². The van der Waals surface area contributed by atoms with Crippen LogP contribution in [0.4, 0.5) is 5.69 Å². The van der Waals surface area contributed by atoms with E-state index < -0.39 is 10.0 Å². The molecule has 7 heteroatoms. The van der Waals surface area contributed by atoms with Crippen LogP contribution in [0.2, 0.25) is 0 Å². The summed E-state index contributed by atoms with van der Waals surface area (Å²) in [7, 11) is -2.38. The molecule has 3 rings (SSSR count). The average molecular weight is 403 g/mol. The van der Waals surface area contributed by atoms with E-state index in [4.69, 9.17) is 4.74 Å². The Morgan fingerprint density at radius 1 is 1.07 bits per heavy atom. The molecule has 1 N–H and O–H groups in total. The van der Waals surface area contributed by atoms with Crippen LogP contribution in [-0.2, 0) is 10.0 Å². The second-order valence-electron chi connectivity index (χ2n) is 7.49. The molecule has 2 atom stereocenters. The molecule has 6 nitrogen and oxygen atoms in total. The van der Waals surface area contributed by atoms with Gasteiger partial charge >= 0.3 is 0 Å². The topological polar surface area (TPSA) is 75.7 Å². The highest BCUT2D eigenvalue weighted by Crippen LogP contribution is 2.27. The molecule has 0 spiro atoms. The number of ether oxygens (including phenoxy) is 1. The minimum atomic E-state index is -3.85. The summed E-state index contributed by atoms with van der Waals surface area (Å²) < 4.78 is 33.4. The predicted octanol–water partition coefficient (Wildman–Crippen LogP) is 3.61. The number of carbonyl (C=O) groups is 1. The van der Waals surface area contributed by atoms with Crippen LogP contribution in [0.25, 0.3) is 0 Å². The molecule has 1 fully saturated rings. The molecule has 1 amide bonds. The highest BCUT2D eigenvalue weighted by atomic mass is 32.2. The first kappa shape index (κ1) is 20.2. The molecule has 0 bridgehead atoms. The van der Waals surface area contributed by atoms with Gasteiger partial charge in [0.2, 0.25) is 0 Å². The Bertz CT molecular complexity index is 948. The number of sulfonamides is 1. The number of methoxy groups -OCH3 is 1. The van der Waals surface area contributed by atoms with Crippen molar-refractivity contribution in [3.8, 4) is 5.75 Å². The van der Waals surface area contributed by atoms with Gasteiger partial charge in [-0.25, -0.2) is 8.42 Å². The summed E-state index contributed by atoms with van der Waals surface area (Å²) in [5.41, 5.74) is 0.726. The van der Waals surface area contributed by atoms with Gasteiger partial charge in [0.25, 0.3) is 15.9 Å². The molecule has 2 aromatic rings. The second-order valence-corrected chi connectivity index (χ2v) is 9.17. The van der Waals surface area contributed by atoms with Crippen LogP contribution in [0.1, 0.15) is 30.6 Å². The summed E-state index contributed by atoms with van der Waals surface area (Å²) in [6.07, 6.45) is 1.10. The number of benzene rings is 2. The van der Waals surface area contributed by atoms with E-state index >= 15 is 0 Å². The molecule has 28 heavy (non-hydrogen) atoms. The summed E-state index contributed by atoms with van der Waals surface area (Å²) >= 11 is 0. The Balaban J connectivity index is 1.85. The summed E-state index contributed by atoms with van der Waals surface area (Å²) in [4.78, 5) is 14.8. The molecule has 1 heterocycles. The van der Waals surface area contributed by atoms with Crippen LogP contribution in [-0.4, -0.2) is 39.4 Å². The van der Waals surface area contributed by atoms with Crippen LogP contribution < -0.4 is 9.46 Å². The normalized spacial score (nSPS) is 19.9. The monoisotopic (exact) mass is 402 g/mol. The highest BCUT2D eigenvalue weighted by Gasteiger charge is 2.27. The van der Waals surface area contributed by atoms with E-state index in [1.165, 1.54) is 19.2 Å². The number of hydrogen-bond acceptors (Lipinski definition) is 4. The molecular formula is C21H26N2O4S. The molecule has 0 aromatic heterocycles. The van der Waals surface area contributed by atoms with Crippen molar-refractivity contribution in [2.75, 3.05) is 24.9 Å². The summed E-state index contributed by atoms with van der Waals surface area (Å²) in [6, 6.07) is 13.0. The molecule has 1 saturated heterocycles. The zero-order valence-electron chi connectivity index (χ0n) is 16.4. The SMILES string of the molecule is COc1ccccc1NS(=O)(=O)c1cccc(C(=O)N2CC(C)CC(C)C2)c1. The van der Waals surface area contributed by atoms with Crippen molar-refractivity contribution in [1.82, 2.24) is 4.90 Å². The van der Waals surface area contributed by atoms with Crippen molar-refractivity contribution < 1.29 is 17.9 Å². The largest absolute Gasteiger partial charge is 0.495 e. The Morgan fingerprint density at radius 3 is 2.43 bits per heavy atom. The fourth-order valence-corrected chi connectivity index (χ4v) is 4.86. The van der Waals surface area contributed by atoms with Gasteiger partial charge in [0.15, 0.2) is 0 Å². The van der Waals surface area contributed by atoms with Gasteiger partial charge in [-0.05, 0) is 48.6 Å². The first-order valence-corrected chi connectivity index (χ1v) is 10.8. The van der Waals surface area contributed by atoms with Gasteiger partial charge in [0.1, 0.15) is 5.75 Å². The molecular weight excluding hydrogens is 376 g/mol. The average Bonchev–Trinajstić information content (AvgIpc) is 2.67. The Morgan fingerprint density at radius 2 is 1.75 bits per heavy atom. The lowest BCUT2D eigenvalue weighted by Crippen LogP contribution is -2.42. The number of nitrogens with zero attached hydrogens (tertiary/aromatic N) is 1.